The molecule has 0 bridgehead atoms. The molecule has 12 heteroatoms. The van der Waals surface area contributed by atoms with E-state index in [-0.39, 0.29) is 23.0 Å². The van der Waals surface area contributed by atoms with E-state index in [1.54, 1.807) is 18.2 Å². The van der Waals surface area contributed by atoms with Gasteiger partial charge >= 0.3 is 5.97 Å². The van der Waals surface area contributed by atoms with Gasteiger partial charge in [0, 0.05) is 36.3 Å². The number of rotatable bonds is 11. The predicted molar refractivity (Wildman–Crippen MR) is 166 cm³/mol. The van der Waals surface area contributed by atoms with Crippen LogP contribution in [0, 0.1) is 5.82 Å². The number of carboxylic acids is 1. The third-order valence-electron chi connectivity index (χ3n) is 7.84. The largest absolute Gasteiger partial charge is 0.477 e. The van der Waals surface area contributed by atoms with Crippen molar-refractivity contribution in [1.82, 2.24) is 19.4 Å². The summed E-state index contributed by atoms with van der Waals surface area (Å²) in [4.78, 5) is 24.5. The minimum absolute atomic E-state index is 0.0226. The number of hydrogen-bond donors (Lipinski definition) is 1. The monoisotopic (exact) mass is 644 g/mol. The highest BCUT2D eigenvalue weighted by Crippen LogP contribution is 2.33. The maximum absolute atomic E-state index is 14.3. The van der Waals surface area contributed by atoms with E-state index in [9.17, 15) is 14.3 Å². The Morgan fingerprint density at radius 3 is 2.79 bits per heavy atom. The van der Waals surface area contributed by atoms with Gasteiger partial charge in [-0.2, -0.15) is 0 Å². The molecule has 2 aliphatic heterocycles. The van der Waals surface area contributed by atoms with E-state index >= 15 is 0 Å². The normalized spacial score (nSPS) is 18.0. The fourth-order valence-electron chi connectivity index (χ4n) is 5.28. The number of benzene rings is 1. The highest BCUT2D eigenvalue weighted by molar-refractivity contribution is 7.20. The number of thiophene rings is 1. The quantitative estimate of drug-likeness (QED) is 0.171. The fourth-order valence-corrected chi connectivity index (χ4v) is 6.46. The van der Waals surface area contributed by atoms with Crippen molar-refractivity contribution in [2.45, 2.75) is 57.4 Å². The summed E-state index contributed by atoms with van der Waals surface area (Å²) in [5, 5.41) is 9.59. The van der Waals surface area contributed by atoms with Crippen molar-refractivity contribution in [2.75, 3.05) is 19.7 Å². The van der Waals surface area contributed by atoms with Crippen LogP contribution >= 0.6 is 34.5 Å². The Hall–Kier alpha value is -3.02. The van der Waals surface area contributed by atoms with E-state index in [1.165, 1.54) is 17.4 Å². The van der Waals surface area contributed by atoms with Gasteiger partial charge in [-0.05, 0) is 54.7 Å². The number of imidazole rings is 1. The highest BCUT2D eigenvalue weighted by atomic mass is 35.5. The topological polar surface area (TPSA) is 89.7 Å². The Morgan fingerprint density at radius 1 is 1.28 bits per heavy atom. The van der Waals surface area contributed by atoms with Gasteiger partial charge in [-0.1, -0.05) is 30.7 Å². The molecular formula is C31H31Cl2FN4O4S. The Kier molecular flexibility index (Phi) is 9.02. The molecular weight excluding hydrogens is 614 g/mol. The second-order valence-electron chi connectivity index (χ2n) is 10.8. The molecule has 6 rings (SSSR count). The molecule has 1 saturated heterocycles. The molecule has 2 aliphatic rings. The number of fused-ring (bicyclic) bond motifs is 1. The Labute approximate surface area is 262 Å². The lowest BCUT2D eigenvalue weighted by Crippen LogP contribution is -2.33. The van der Waals surface area contributed by atoms with Crippen molar-refractivity contribution in [1.29, 1.82) is 0 Å². The minimum Gasteiger partial charge on any atom is -0.477 e. The predicted octanol–water partition coefficient (Wildman–Crippen LogP) is 7.33. The second kappa shape index (κ2) is 12.9. The molecule has 1 fully saturated rings. The van der Waals surface area contributed by atoms with E-state index in [4.69, 9.17) is 42.6 Å². The summed E-state index contributed by atoms with van der Waals surface area (Å²) in [5.41, 5.74) is 4.04. The van der Waals surface area contributed by atoms with Crippen LogP contribution in [0.3, 0.4) is 0 Å². The van der Waals surface area contributed by atoms with Crippen molar-refractivity contribution in [2.24, 2.45) is 0 Å². The number of hydrogen-bond acceptors (Lipinski definition) is 7. The molecule has 2 atom stereocenters. The van der Waals surface area contributed by atoms with Crippen LogP contribution in [0.25, 0.3) is 15.9 Å². The third-order valence-corrected chi connectivity index (χ3v) is 9.64. The number of carbonyl (C=O) groups is 1. The molecule has 0 aliphatic carbocycles. The van der Waals surface area contributed by atoms with Crippen LogP contribution in [0.15, 0.2) is 42.5 Å². The number of alkyl halides is 1. The first-order valence-electron chi connectivity index (χ1n) is 14.3. The number of aromatic carboxylic acids is 1. The zero-order chi connectivity index (χ0) is 30.1. The molecule has 0 spiro atoms. The van der Waals surface area contributed by atoms with Crippen LogP contribution in [0.1, 0.15) is 63.9 Å². The summed E-state index contributed by atoms with van der Waals surface area (Å²) in [7, 11) is 0. The summed E-state index contributed by atoms with van der Waals surface area (Å²) < 4.78 is 28.1. The van der Waals surface area contributed by atoms with Gasteiger partial charge < -0.3 is 19.1 Å². The maximum atomic E-state index is 14.3. The first-order valence-corrected chi connectivity index (χ1v) is 15.9. The Morgan fingerprint density at radius 2 is 2.12 bits per heavy atom. The van der Waals surface area contributed by atoms with E-state index in [2.05, 4.69) is 15.5 Å². The maximum Gasteiger partial charge on any atom is 0.346 e. The van der Waals surface area contributed by atoms with Crippen LogP contribution < -0.4 is 4.74 Å². The molecule has 1 unspecified atom stereocenters. The van der Waals surface area contributed by atoms with Crippen LogP contribution in [-0.2, 0) is 24.4 Å². The summed E-state index contributed by atoms with van der Waals surface area (Å²) in [6.07, 6.45) is 4.79. The number of carboxylic acid groups (broad SMARTS) is 1. The SMILES string of the molecule is CCC(Cl)c1cc(OCc2ccc(Cl)cc2F)nc(C2=CCN(Cc3nc4sc(C(=O)O)cc4n3C[C@@H]3CCO3)CC2)c1. The van der Waals surface area contributed by atoms with E-state index < -0.39 is 11.8 Å². The molecule has 3 aromatic heterocycles. The molecule has 5 heterocycles. The molecule has 4 aromatic rings. The second-order valence-corrected chi connectivity index (χ2v) is 12.8. The smallest absolute Gasteiger partial charge is 0.346 e. The summed E-state index contributed by atoms with van der Waals surface area (Å²) in [5.74, 6) is -0.0627. The van der Waals surface area contributed by atoms with Gasteiger partial charge in [-0.15, -0.1) is 22.9 Å². The molecule has 1 aromatic carbocycles. The number of halogens is 3. The molecule has 1 N–H and O–H groups in total. The van der Waals surface area contributed by atoms with Crippen molar-refractivity contribution in [3.8, 4) is 5.88 Å². The number of pyridine rings is 1. The van der Waals surface area contributed by atoms with Crippen molar-refractivity contribution in [3.05, 3.63) is 80.8 Å². The van der Waals surface area contributed by atoms with Crippen molar-refractivity contribution < 1.29 is 23.8 Å². The van der Waals surface area contributed by atoms with Crippen molar-refractivity contribution in [3.63, 3.8) is 0 Å². The van der Waals surface area contributed by atoms with Gasteiger partial charge in [0.05, 0.1) is 35.8 Å². The van der Waals surface area contributed by atoms with Crippen LogP contribution in [0.5, 0.6) is 5.88 Å². The lowest BCUT2D eigenvalue weighted by Gasteiger charge is -2.29. The number of aromatic nitrogens is 3. The molecule has 226 valence electrons. The average molecular weight is 646 g/mol. The standard InChI is InChI=1S/C31H31Cl2FN4O4S/c1-2-23(33)20-11-25(35-29(12-20)42-17-19-3-4-21(32)13-24(19)34)18-5-8-37(9-6-18)16-28-36-30-26(14-27(43-30)31(39)40)38(28)15-22-7-10-41-22/h3-5,11-14,22-23H,2,6-10,15-17H2,1H3,(H,39,40)/t22-,23?/m0/s1. The third kappa shape index (κ3) is 6.73. The van der Waals surface area contributed by atoms with E-state index in [0.29, 0.717) is 36.1 Å². The minimum atomic E-state index is -0.938. The molecule has 0 radical (unpaired) electrons. The van der Waals surface area contributed by atoms with Gasteiger partial charge in [0.25, 0.3) is 0 Å². The lowest BCUT2D eigenvalue weighted by molar-refractivity contribution is -0.0591. The van der Waals surface area contributed by atoms with Gasteiger partial charge in [0.15, 0.2) is 0 Å². The molecule has 0 saturated carbocycles. The van der Waals surface area contributed by atoms with E-state index in [0.717, 1.165) is 65.4 Å². The van der Waals surface area contributed by atoms with Gasteiger partial charge in [0.1, 0.15) is 28.0 Å². The summed E-state index contributed by atoms with van der Waals surface area (Å²) >= 11 is 13.7. The Balaban J connectivity index is 1.19. The van der Waals surface area contributed by atoms with Gasteiger partial charge in [-0.3, -0.25) is 4.90 Å². The first kappa shape index (κ1) is 30.0. The van der Waals surface area contributed by atoms with Crippen molar-refractivity contribution >= 4 is 56.4 Å². The Bertz CT molecular complexity index is 1690. The summed E-state index contributed by atoms with van der Waals surface area (Å²) in [6.45, 7) is 5.59. The number of nitrogens with zero attached hydrogens (tertiary/aromatic N) is 4. The van der Waals surface area contributed by atoms with Gasteiger partial charge in [0.2, 0.25) is 5.88 Å². The van der Waals surface area contributed by atoms with Gasteiger partial charge in [-0.25, -0.2) is 19.2 Å². The molecule has 8 nitrogen and oxygen atoms in total. The van der Waals surface area contributed by atoms with Crippen LogP contribution in [0.4, 0.5) is 4.39 Å². The molecule has 43 heavy (non-hydrogen) atoms. The fraction of sp³-hybridized carbons (Fsp3) is 0.387. The zero-order valence-electron chi connectivity index (χ0n) is 23.6. The van der Waals surface area contributed by atoms with Crippen LogP contribution in [0.2, 0.25) is 5.02 Å². The van der Waals surface area contributed by atoms with E-state index in [1.807, 2.05) is 19.1 Å². The number of ether oxygens (including phenoxy) is 2. The average Bonchev–Trinajstić information content (AvgIpc) is 3.52. The highest BCUT2D eigenvalue weighted by Gasteiger charge is 2.25. The summed E-state index contributed by atoms with van der Waals surface area (Å²) in [6, 6.07) is 10.1. The molecule has 0 amide bonds. The first-order chi connectivity index (χ1) is 20.8. The van der Waals surface area contributed by atoms with Crippen LogP contribution in [-0.4, -0.2) is 56.3 Å². The lowest BCUT2D eigenvalue weighted by atomic mass is 10.0. The zero-order valence-corrected chi connectivity index (χ0v) is 25.9.